The molecule has 72 valence electrons. The summed E-state index contributed by atoms with van der Waals surface area (Å²) in [6.45, 7) is 2.81. The summed E-state index contributed by atoms with van der Waals surface area (Å²) in [4.78, 5) is 2.19. The van der Waals surface area contributed by atoms with Crippen LogP contribution >= 0.6 is 0 Å². The van der Waals surface area contributed by atoms with Gasteiger partial charge in [-0.3, -0.25) is 0 Å². The first-order valence-corrected chi connectivity index (χ1v) is 4.60. The molecule has 0 fully saturated rings. The first kappa shape index (κ1) is 10.2. The molecule has 0 aliphatic heterocycles. The van der Waals surface area contributed by atoms with Crippen molar-refractivity contribution in [2.24, 2.45) is 5.73 Å². The third kappa shape index (κ3) is 2.54. The van der Waals surface area contributed by atoms with Crippen LogP contribution in [0.15, 0.2) is 24.3 Å². The summed E-state index contributed by atoms with van der Waals surface area (Å²) in [5.41, 5.74) is 8.05. The molecule has 0 aliphatic carbocycles. The van der Waals surface area contributed by atoms with Crippen molar-refractivity contribution >= 4 is 0 Å². The van der Waals surface area contributed by atoms with Gasteiger partial charge in [0.2, 0.25) is 0 Å². The van der Waals surface area contributed by atoms with Gasteiger partial charge in [-0.25, -0.2) is 0 Å². The molecule has 0 aliphatic rings. The fourth-order valence-electron chi connectivity index (χ4n) is 1.23. The molecule has 1 rings (SSSR count). The van der Waals surface area contributed by atoms with Crippen LogP contribution in [0.1, 0.15) is 24.1 Å². The average Bonchev–Trinajstić information content (AvgIpc) is 2.17. The van der Waals surface area contributed by atoms with Gasteiger partial charge in [-0.2, -0.15) is 0 Å². The van der Waals surface area contributed by atoms with Crippen molar-refractivity contribution in [2.75, 3.05) is 14.1 Å². The second kappa shape index (κ2) is 4.40. The zero-order valence-corrected chi connectivity index (χ0v) is 8.62. The molecule has 2 N–H and O–H groups in total. The average molecular weight is 178 g/mol. The summed E-state index contributed by atoms with van der Waals surface area (Å²) in [5.74, 6) is 0. The van der Waals surface area contributed by atoms with E-state index >= 15 is 0 Å². The first-order chi connectivity index (χ1) is 6.15. The minimum Gasteiger partial charge on any atom is -0.326 e. The van der Waals surface area contributed by atoms with Gasteiger partial charge in [0.15, 0.2) is 0 Å². The largest absolute Gasteiger partial charge is 0.326 e. The highest BCUT2D eigenvalue weighted by Crippen LogP contribution is 2.17. The van der Waals surface area contributed by atoms with E-state index in [9.17, 15) is 0 Å². The van der Waals surface area contributed by atoms with Crippen LogP contribution in [0.5, 0.6) is 0 Å². The predicted octanol–water partition coefficient (Wildman–Crippen LogP) is 1.77. The Kier molecular flexibility index (Phi) is 3.46. The summed E-state index contributed by atoms with van der Waals surface area (Å²) in [6, 6.07) is 8.94. The number of nitrogens with two attached hydrogens (primary N) is 1. The van der Waals surface area contributed by atoms with Crippen LogP contribution in [0.25, 0.3) is 0 Å². The quantitative estimate of drug-likeness (QED) is 0.764. The standard InChI is InChI=1S/C11H18N2/c1-9(13(2)3)11-6-4-10(8-12)5-7-11/h4-7,9H,8,12H2,1-3H3. The molecule has 0 heterocycles. The molecule has 1 aromatic carbocycles. The van der Waals surface area contributed by atoms with Crippen molar-refractivity contribution in [3.05, 3.63) is 35.4 Å². The summed E-state index contributed by atoms with van der Waals surface area (Å²) in [6.07, 6.45) is 0. The van der Waals surface area contributed by atoms with E-state index in [1.807, 2.05) is 0 Å². The van der Waals surface area contributed by atoms with Gasteiger partial charge in [-0.1, -0.05) is 24.3 Å². The molecule has 0 spiro atoms. The SMILES string of the molecule is CC(c1ccc(CN)cc1)N(C)C. The fraction of sp³-hybridized carbons (Fsp3) is 0.455. The maximum Gasteiger partial charge on any atom is 0.0313 e. The monoisotopic (exact) mass is 178 g/mol. The Labute approximate surface area is 80.4 Å². The number of rotatable bonds is 3. The van der Waals surface area contributed by atoms with Crippen molar-refractivity contribution in [3.63, 3.8) is 0 Å². The zero-order chi connectivity index (χ0) is 9.84. The topological polar surface area (TPSA) is 29.3 Å². The lowest BCUT2D eigenvalue weighted by atomic mass is 10.1. The van der Waals surface area contributed by atoms with E-state index in [0.29, 0.717) is 12.6 Å². The number of nitrogens with zero attached hydrogens (tertiary/aromatic N) is 1. The van der Waals surface area contributed by atoms with Gasteiger partial charge in [0.05, 0.1) is 0 Å². The maximum atomic E-state index is 5.53. The van der Waals surface area contributed by atoms with E-state index in [0.717, 1.165) is 0 Å². The third-order valence-electron chi connectivity index (χ3n) is 2.47. The molecule has 13 heavy (non-hydrogen) atoms. The second-order valence-electron chi connectivity index (χ2n) is 3.59. The van der Waals surface area contributed by atoms with Crippen LogP contribution in [-0.2, 0) is 6.54 Å². The first-order valence-electron chi connectivity index (χ1n) is 4.60. The summed E-state index contributed by atoms with van der Waals surface area (Å²) in [5, 5.41) is 0. The lowest BCUT2D eigenvalue weighted by Gasteiger charge is -2.20. The van der Waals surface area contributed by atoms with Crippen LogP contribution in [0.3, 0.4) is 0 Å². The summed E-state index contributed by atoms with van der Waals surface area (Å²) in [7, 11) is 4.17. The van der Waals surface area contributed by atoms with Gasteiger partial charge in [-0.05, 0) is 32.1 Å². The van der Waals surface area contributed by atoms with Crippen molar-refractivity contribution in [1.29, 1.82) is 0 Å². The second-order valence-corrected chi connectivity index (χ2v) is 3.59. The van der Waals surface area contributed by atoms with Crippen LogP contribution in [-0.4, -0.2) is 19.0 Å². The number of hydrogen-bond donors (Lipinski definition) is 1. The van der Waals surface area contributed by atoms with Gasteiger partial charge in [-0.15, -0.1) is 0 Å². The van der Waals surface area contributed by atoms with Gasteiger partial charge >= 0.3 is 0 Å². The lowest BCUT2D eigenvalue weighted by molar-refractivity contribution is 0.321. The fourth-order valence-corrected chi connectivity index (χ4v) is 1.23. The van der Waals surface area contributed by atoms with E-state index in [-0.39, 0.29) is 0 Å². The Hall–Kier alpha value is -0.860. The van der Waals surface area contributed by atoms with Crippen LogP contribution in [0.2, 0.25) is 0 Å². The van der Waals surface area contributed by atoms with E-state index in [2.05, 4.69) is 50.2 Å². The Balaban J connectivity index is 2.79. The molecule has 0 amide bonds. The summed E-state index contributed by atoms with van der Waals surface area (Å²) >= 11 is 0. The molecule has 1 aromatic rings. The van der Waals surface area contributed by atoms with Crippen molar-refractivity contribution in [3.8, 4) is 0 Å². The number of hydrogen-bond acceptors (Lipinski definition) is 2. The van der Waals surface area contributed by atoms with Gasteiger partial charge in [0.1, 0.15) is 0 Å². The van der Waals surface area contributed by atoms with E-state index in [1.54, 1.807) is 0 Å². The maximum absolute atomic E-state index is 5.53. The highest BCUT2D eigenvalue weighted by molar-refractivity contribution is 5.24. The van der Waals surface area contributed by atoms with E-state index in [4.69, 9.17) is 5.73 Å². The van der Waals surface area contributed by atoms with E-state index < -0.39 is 0 Å². The molecule has 0 saturated heterocycles. The minimum atomic E-state index is 0.465. The molecule has 0 radical (unpaired) electrons. The molecule has 1 atom stereocenters. The Morgan fingerprint density at radius 1 is 1.23 bits per heavy atom. The van der Waals surface area contributed by atoms with Gasteiger partial charge in [0, 0.05) is 12.6 Å². The zero-order valence-electron chi connectivity index (χ0n) is 8.62. The molecule has 0 saturated carbocycles. The lowest BCUT2D eigenvalue weighted by Crippen LogP contribution is -2.16. The van der Waals surface area contributed by atoms with Crippen LogP contribution < -0.4 is 5.73 Å². The van der Waals surface area contributed by atoms with Crippen LogP contribution in [0, 0.1) is 0 Å². The van der Waals surface area contributed by atoms with Crippen molar-refractivity contribution in [1.82, 2.24) is 4.90 Å². The molecular weight excluding hydrogens is 160 g/mol. The normalized spacial score (nSPS) is 13.3. The molecule has 0 bridgehead atoms. The predicted molar refractivity (Wildman–Crippen MR) is 56.4 cm³/mol. The molecule has 2 heteroatoms. The van der Waals surface area contributed by atoms with Crippen LogP contribution in [0.4, 0.5) is 0 Å². The van der Waals surface area contributed by atoms with Crippen molar-refractivity contribution < 1.29 is 0 Å². The highest BCUT2D eigenvalue weighted by Gasteiger charge is 2.06. The van der Waals surface area contributed by atoms with Gasteiger partial charge < -0.3 is 10.6 Å². The van der Waals surface area contributed by atoms with Crippen molar-refractivity contribution in [2.45, 2.75) is 19.5 Å². The molecule has 1 unspecified atom stereocenters. The van der Waals surface area contributed by atoms with Gasteiger partial charge in [0.25, 0.3) is 0 Å². The molecule has 2 nitrogen and oxygen atoms in total. The minimum absolute atomic E-state index is 0.465. The Bertz CT molecular complexity index is 251. The highest BCUT2D eigenvalue weighted by atomic mass is 15.1. The smallest absolute Gasteiger partial charge is 0.0313 e. The number of benzene rings is 1. The summed E-state index contributed by atoms with van der Waals surface area (Å²) < 4.78 is 0. The molecule has 0 aromatic heterocycles. The van der Waals surface area contributed by atoms with E-state index in [1.165, 1.54) is 11.1 Å². The Morgan fingerprint density at radius 3 is 2.15 bits per heavy atom. The Morgan fingerprint density at radius 2 is 1.77 bits per heavy atom. The molecular formula is C11H18N2. The third-order valence-corrected chi connectivity index (χ3v) is 2.47.